The summed E-state index contributed by atoms with van der Waals surface area (Å²) >= 11 is 0. The largest absolute Gasteiger partial charge is 0.379 e. The summed E-state index contributed by atoms with van der Waals surface area (Å²) in [5.41, 5.74) is 0. The molecule has 0 bridgehead atoms. The van der Waals surface area contributed by atoms with Gasteiger partial charge in [0.25, 0.3) is 0 Å². The van der Waals surface area contributed by atoms with Crippen molar-refractivity contribution in [3.8, 4) is 0 Å². The smallest absolute Gasteiger partial charge is 0.152 e. The van der Waals surface area contributed by atoms with E-state index in [2.05, 4.69) is 0 Å². The van der Waals surface area contributed by atoms with E-state index in [1.165, 1.54) is 5.34 Å². The fourth-order valence-corrected chi connectivity index (χ4v) is 0.250. The summed E-state index contributed by atoms with van der Waals surface area (Å²) in [6.07, 6.45) is 1.38. The van der Waals surface area contributed by atoms with E-state index in [4.69, 9.17) is 10.1 Å². The molecule has 0 amide bonds. The summed E-state index contributed by atoms with van der Waals surface area (Å²) in [5, 5.41) is 7.89. The van der Waals surface area contributed by atoms with Crippen LogP contribution in [0.15, 0.2) is 5.34 Å². The predicted octanol–water partition coefficient (Wildman–Crippen LogP) is 1.52. The van der Waals surface area contributed by atoms with Crippen molar-refractivity contribution in [3.05, 3.63) is 4.91 Å². The van der Waals surface area contributed by atoms with Gasteiger partial charge in [0.1, 0.15) is 5.78 Å². The Labute approximate surface area is 53.8 Å². The molecular weight excluding hydrogens is 122 g/mol. The van der Waals surface area contributed by atoms with Crippen molar-refractivity contribution >= 4 is 5.78 Å². The van der Waals surface area contributed by atoms with Gasteiger partial charge in [0.05, 0.1) is 0 Å². The average molecular weight is 133 g/mol. The van der Waals surface area contributed by atoms with Crippen LogP contribution in [0.25, 0.3) is 0 Å². The van der Waals surface area contributed by atoms with Gasteiger partial charge in [0.2, 0.25) is 0 Å². The molecule has 0 saturated heterocycles. The third kappa shape index (κ3) is 19.3. The Morgan fingerprint density at radius 3 is 1.67 bits per heavy atom. The van der Waals surface area contributed by atoms with E-state index in [-0.39, 0.29) is 0 Å². The highest BCUT2D eigenvalue weighted by atomic mass is 16.6. The predicted molar refractivity (Wildman–Crippen MR) is 33.2 cm³/mol. The van der Waals surface area contributed by atoms with Crippen molar-refractivity contribution in [2.24, 2.45) is 5.34 Å². The Bertz CT molecular complexity index is 76.3. The molecule has 0 aliphatic rings. The fraction of sp³-hybridized carbons (Fsp3) is 0.800. The van der Waals surface area contributed by atoms with E-state index in [9.17, 15) is 4.79 Å². The molecule has 0 aromatic heterocycles. The lowest BCUT2D eigenvalue weighted by Gasteiger charge is -1.81. The highest BCUT2D eigenvalue weighted by Crippen LogP contribution is 1.82. The molecule has 0 aromatic carbocycles. The van der Waals surface area contributed by atoms with Gasteiger partial charge < -0.3 is 5.21 Å². The van der Waals surface area contributed by atoms with E-state index in [0.29, 0.717) is 18.6 Å². The molecule has 0 aliphatic carbocycles. The van der Waals surface area contributed by atoms with Crippen LogP contribution in [0.2, 0.25) is 0 Å². The number of ketones is 1. The summed E-state index contributed by atoms with van der Waals surface area (Å²) in [5.74, 6) is 0.343. The zero-order valence-electron chi connectivity index (χ0n) is 5.63. The van der Waals surface area contributed by atoms with Gasteiger partial charge in [0, 0.05) is 12.8 Å². The number of Topliss-reactive ketones (excluding diaryl/α,β-unsaturated/α-hetero) is 1. The van der Waals surface area contributed by atoms with E-state index in [1.54, 1.807) is 0 Å². The number of hydrogen-bond donors (Lipinski definition) is 1. The highest BCUT2D eigenvalue weighted by molar-refractivity contribution is 5.77. The second kappa shape index (κ2) is 10.1. The minimum absolute atomic E-state index is 0.343. The van der Waals surface area contributed by atoms with Crippen LogP contribution in [0.4, 0.5) is 0 Å². The summed E-state index contributed by atoms with van der Waals surface area (Å²) in [6.45, 7) is 3.76. The SMILES string of the molecule is CCC(=O)CC.O=NO. The number of carbonyl (C=O) groups is 1. The van der Waals surface area contributed by atoms with Gasteiger partial charge in [-0.1, -0.05) is 13.8 Å². The number of hydrogen-bond acceptors (Lipinski definition) is 3. The molecule has 1 N–H and O–H groups in total. The van der Waals surface area contributed by atoms with E-state index in [0.717, 1.165) is 0 Å². The van der Waals surface area contributed by atoms with E-state index in [1.807, 2.05) is 13.8 Å². The van der Waals surface area contributed by atoms with Gasteiger partial charge in [-0.15, -0.1) is 4.91 Å². The zero-order valence-corrected chi connectivity index (χ0v) is 5.63. The maximum absolute atomic E-state index is 10.2. The molecule has 54 valence electrons. The van der Waals surface area contributed by atoms with Crippen LogP contribution in [-0.2, 0) is 4.79 Å². The van der Waals surface area contributed by atoms with Gasteiger partial charge in [-0.3, -0.25) is 4.79 Å². The highest BCUT2D eigenvalue weighted by Gasteiger charge is 1.86. The lowest BCUT2D eigenvalue weighted by atomic mass is 10.3. The van der Waals surface area contributed by atoms with Crippen LogP contribution in [0.3, 0.4) is 0 Å². The Balaban J connectivity index is 0. The minimum atomic E-state index is 0.343. The first-order valence-electron chi connectivity index (χ1n) is 2.71. The van der Waals surface area contributed by atoms with Crippen LogP contribution < -0.4 is 0 Å². The average Bonchev–Trinajstić information content (AvgIpc) is 1.88. The zero-order chi connectivity index (χ0) is 7.70. The van der Waals surface area contributed by atoms with Crippen molar-refractivity contribution in [3.63, 3.8) is 0 Å². The molecule has 0 rings (SSSR count). The van der Waals surface area contributed by atoms with E-state index < -0.39 is 0 Å². The van der Waals surface area contributed by atoms with Gasteiger partial charge in [-0.05, 0) is 0 Å². The number of carbonyl (C=O) groups excluding carboxylic acids is 1. The normalized spacial score (nSPS) is 6.89. The van der Waals surface area contributed by atoms with Crippen molar-refractivity contribution < 1.29 is 10.0 Å². The molecule has 0 unspecified atom stereocenters. The van der Waals surface area contributed by atoms with Crippen LogP contribution in [-0.4, -0.2) is 11.0 Å². The molecule has 9 heavy (non-hydrogen) atoms. The molecular formula is C5H11NO3. The standard InChI is InChI=1S/C5H10O.HNO2/c1-3-5(6)4-2;2-1-3/h3-4H2,1-2H3;(H,2,3). The maximum atomic E-state index is 10.2. The molecule has 0 radical (unpaired) electrons. The Kier molecular flexibility index (Phi) is 12.3. The molecule has 0 fully saturated rings. The van der Waals surface area contributed by atoms with Gasteiger partial charge in [0.15, 0.2) is 5.34 Å². The summed E-state index contributed by atoms with van der Waals surface area (Å²) in [6, 6.07) is 0. The monoisotopic (exact) mass is 133 g/mol. The molecule has 0 spiro atoms. The van der Waals surface area contributed by atoms with Gasteiger partial charge in [-0.2, -0.15) is 0 Å². The molecule has 4 nitrogen and oxygen atoms in total. The third-order valence-electron chi connectivity index (χ3n) is 0.789. The van der Waals surface area contributed by atoms with Gasteiger partial charge in [-0.25, -0.2) is 0 Å². The van der Waals surface area contributed by atoms with Crippen LogP contribution in [0, 0.1) is 4.91 Å². The summed E-state index contributed by atoms with van der Waals surface area (Å²) in [4.78, 5) is 18.3. The third-order valence-corrected chi connectivity index (χ3v) is 0.789. The van der Waals surface area contributed by atoms with Crippen LogP contribution in [0.1, 0.15) is 26.7 Å². The second-order valence-electron chi connectivity index (χ2n) is 1.33. The van der Waals surface area contributed by atoms with Crippen LogP contribution in [0.5, 0.6) is 0 Å². The van der Waals surface area contributed by atoms with Crippen molar-refractivity contribution in [2.75, 3.05) is 0 Å². The molecule has 4 heteroatoms. The molecule has 0 atom stereocenters. The van der Waals surface area contributed by atoms with Gasteiger partial charge >= 0.3 is 0 Å². The van der Waals surface area contributed by atoms with Crippen molar-refractivity contribution in [1.82, 2.24) is 0 Å². The van der Waals surface area contributed by atoms with Crippen LogP contribution >= 0.6 is 0 Å². The summed E-state index contributed by atoms with van der Waals surface area (Å²) < 4.78 is 0. The first-order valence-corrected chi connectivity index (χ1v) is 2.71. The Hall–Kier alpha value is -0.930. The number of nitrogens with zero attached hydrogens (tertiary/aromatic N) is 1. The quantitative estimate of drug-likeness (QED) is 0.458. The maximum Gasteiger partial charge on any atom is 0.152 e. The fourth-order valence-electron chi connectivity index (χ4n) is 0.250. The van der Waals surface area contributed by atoms with E-state index >= 15 is 0 Å². The number of rotatable bonds is 2. The Morgan fingerprint density at radius 1 is 1.44 bits per heavy atom. The molecule has 0 aromatic rings. The minimum Gasteiger partial charge on any atom is -0.379 e. The lowest BCUT2D eigenvalue weighted by molar-refractivity contribution is -0.118. The second-order valence-corrected chi connectivity index (χ2v) is 1.33. The molecule has 0 aliphatic heterocycles. The first kappa shape index (κ1) is 10.9. The molecule has 0 heterocycles. The van der Waals surface area contributed by atoms with Crippen molar-refractivity contribution in [1.29, 1.82) is 0 Å². The topological polar surface area (TPSA) is 66.7 Å². The van der Waals surface area contributed by atoms with Crippen molar-refractivity contribution in [2.45, 2.75) is 26.7 Å². The lowest BCUT2D eigenvalue weighted by Crippen LogP contribution is -1.88. The molecule has 0 saturated carbocycles. The Morgan fingerprint density at radius 2 is 1.67 bits per heavy atom. The summed E-state index contributed by atoms with van der Waals surface area (Å²) in [7, 11) is 0. The first-order chi connectivity index (χ1) is 4.22.